The Morgan fingerprint density at radius 2 is 1.91 bits per heavy atom. The zero-order valence-corrected chi connectivity index (χ0v) is 20.6. The van der Waals surface area contributed by atoms with Crippen LogP contribution in [0.25, 0.3) is 10.1 Å². The number of likely N-dealkylation sites (tertiary alicyclic amines) is 1. The molecule has 2 saturated heterocycles. The minimum Gasteiger partial charge on any atom is -0.339 e. The lowest BCUT2D eigenvalue weighted by Crippen LogP contribution is -2.55. The Kier molecular flexibility index (Phi) is 7.27. The second kappa shape index (κ2) is 10.5. The molecule has 2 aliphatic heterocycles. The van der Waals surface area contributed by atoms with E-state index >= 15 is 0 Å². The van der Waals surface area contributed by atoms with E-state index in [1.54, 1.807) is 23.1 Å². The van der Waals surface area contributed by atoms with Gasteiger partial charge in [0.25, 0.3) is 5.91 Å². The molecule has 32 heavy (non-hydrogen) atoms. The molecular formula is C24H33ClN4O2S. The largest absolute Gasteiger partial charge is 0.339 e. The van der Waals surface area contributed by atoms with Crippen LogP contribution in [0.5, 0.6) is 0 Å². The average Bonchev–Trinajstić information content (AvgIpc) is 3.14. The zero-order valence-electron chi connectivity index (χ0n) is 20.0. The minimum atomic E-state index is -0.238. The maximum atomic E-state index is 13.3. The Hall–Kier alpha value is -1.67. The Morgan fingerprint density at radius 3 is 2.59 bits per heavy atom. The standard InChI is InChI=1S/C24H33ClN4O2S/c1-3-8-29(24(31)22-15-18-4-5-19(25)16-21(18)32-22)17-23(30)28-13-11-27(12-14-28)20-6-9-26(2)10-7-20/h4-5,15-16,20H,3,6-14,17H2,1-2H3/i15D. The molecule has 0 bridgehead atoms. The highest BCUT2D eigenvalue weighted by atomic mass is 35.5. The molecule has 0 N–H and O–H groups in total. The van der Waals surface area contributed by atoms with Crippen molar-refractivity contribution < 1.29 is 11.0 Å². The van der Waals surface area contributed by atoms with E-state index in [1.807, 2.05) is 11.8 Å². The van der Waals surface area contributed by atoms with E-state index in [4.69, 9.17) is 13.0 Å². The molecule has 174 valence electrons. The summed E-state index contributed by atoms with van der Waals surface area (Å²) in [6.07, 6.45) is 3.14. The van der Waals surface area contributed by atoms with E-state index in [9.17, 15) is 9.59 Å². The normalized spacial score (nSPS) is 19.3. The number of carbonyl (C=O) groups is 2. The first kappa shape index (κ1) is 22.1. The van der Waals surface area contributed by atoms with Gasteiger partial charge in [0.1, 0.15) is 6.54 Å². The topological polar surface area (TPSA) is 47.1 Å². The molecule has 3 heterocycles. The Balaban J connectivity index is 1.38. The maximum Gasteiger partial charge on any atom is 0.264 e. The number of halogens is 1. The molecule has 4 rings (SSSR count). The smallest absolute Gasteiger partial charge is 0.264 e. The summed E-state index contributed by atoms with van der Waals surface area (Å²) in [7, 11) is 2.17. The number of thiophene rings is 1. The highest BCUT2D eigenvalue weighted by Gasteiger charge is 2.29. The number of amides is 2. The third-order valence-electron chi connectivity index (χ3n) is 6.58. The number of fused-ring (bicyclic) bond motifs is 1. The van der Waals surface area contributed by atoms with Gasteiger partial charge >= 0.3 is 0 Å². The van der Waals surface area contributed by atoms with Gasteiger partial charge in [-0.25, -0.2) is 0 Å². The van der Waals surface area contributed by atoms with Crippen molar-refractivity contribution in [3.63, 3.8) is 0 Å². The highest BCUT2D eigenvalue weighted by Crippen LogP contribution is 2.29. The quantitative estimate of drug-likeness (QED) is 0.637. The van der Waals surface area contributed by atoms with Crippen LogP contribution in [0.3, 0.4) is 0 Å². The fraction of sp³-hybridized carbons (Fsp3) is 0.583. The molecule has 2 aliphatic rings. The molecule has 0 saturated carbocycles. The molecule has 0 atom stereocenters. The first-order valence-electron chi connectivity index (χ1n) is 12.1. The van der Waals surface area contributed by atoms with Crippen molar-refractivity contribution >= 4 is 44.8 Å². The number of piperidine rings is 1. The summed E-state index contributed by atoms with van der Waals surface area (Å²) in [4.78, 5) is 35.2. The van der Waals surface area contributed by atoms with Gasteiger partial charge in [-0.15, -0.1) is 11.3 Å². The van der Waals surface area contributed by atoms with Crippen LogP contribution in [0.15, 0.2) is 24.2 Å². The van der Waals surface area contributed by atoms with Gasteiger partial charge in [-0.2, -0.15) is 0 Å². The van der Waals surface area contributed by atoms with Crippen LogP contribution < -0.4 is 0 Å². The molecule has 0 spiro atoms. The summed E-state index contributed by atoms with van der Waals surface area (Å²) in [5.74, 6) is -0.243. The molecule has 2 fully saturated rings. The monoisotopic (exact) mass is 477 g/mol. The Bertz CT molecular complexity index is 1000. The van der Waals surface area contributed by atoms with Gasteiger partial charge in [0.05, 0.1) is 6.25 Å². The lowest BCUT2D eigenvalue weighted by molar-refractivity contribution is -0.134. The predicted octanol–water partition coefficient (Wildman–Crippen LogP) is 3.65. The van der Waals surface area contributed by atoms with Crippen molar-refractivity contribution in [2.75, 3.05) is 59.4 Å². The second-order valence-corrected chi connectivity index (χ2v) is 10.4. The number of nitrogens with zero attached hydrogens (tertiary/aromatic N) is 4. The van der Waals surface area contributed by atoms with E-state index < -0.39 is 0 Å². The number of benzene rings is 1. The first-order valence-corrected chi connectivity index (χ1v) is 12.7. The molecule has 2 aromatic rings. The lowest BCUT2D eigenvalue weighted by atomic mass is 10.0. The van der Waals surface area contributed by atoms with E-state index in [-0.39, 0.29) is 24.4 Å². The predicted molar refractivity (Wildman–Crippen MR) is 132 cm³/mol. The molecule has 1 aromatic carbocycles. The van der Waals surface area contributed by atoms with Gasteiger partial charge in [0.2, 0.25) is 5.91 Å². The molecule has 0 unspecified atom stereocenters. The van der Waals surface area contributed by atoms with Crippen molar-refractivity contribution in [2.45, 2.75) is 32.2 Å². The maximum absolute atomic E-state index is 13.3. The summed E-state index contributed by atoms with van der Waals surface area (Å²) in [5, 5.41) is 1.31. The minimum absolute atomic E-state index is 0.00415. The Labute approximate surface area is 201 Å². The van der Waals surface area contributed by atoms with Crippen molar-refractivity contribution in [3.8, 4) is 0 Å². The number of piperazine rings is 1. The number of rotatable bonds is 6. The SMILES string of the molecule is [2H]c1c(C(=O)N(CCC)CC(=O)N2CCN(C3CCN(C)CC3)CC2)sc2cc(Cl)ccc12. The molecule has 1 aromatic heterocycles. The van der Waals surface area contributed by atoms with Gasteiger partial charge in [0, 0.05) is 48.5 Å². The van der Waals surface area contributed by atoms with Crippen LogP contribution in [0.4, 0.5) is 0 Å². The fourth-order valence-electron chi connectivity index (χ4n) is 4.66. The molecule has 8 heteroatoms. The summed E-state index contributed by atoms with van der Waals surface area (Å²) < 4.78 is 9.29. The third-order valence-corrected chi connectivity index (χ3v) is 7.85. The lowest BCUT2D eigenvalue weighted by Gasteiger charge is -2.42. The molecule has 6 nitrogen and oxygen atoms in total. The van der Waals surface area contributed by atoms with Crippen molar-refractivity contribution in [2.24, 2.45) is 0 Å². The van der Waals surface area contributed by atoms with Crippen molar-refractivity contribution in [1.82, 2.24) is 19.6 Å². The molecular weight excluding hydrogens is 444 g/mol. The molecule has 0 aliphatic carbocycles. The van der Waals surface area contributed by atoms with Crippen LogP contribution in [0, 0.1) is 0 Å². The van der Waals surface area contributed by atoms with Crippen molar-refractivity contribution in [3.05, 3.63) is 34.1 Å². The van der Waals surface area contributed by atoms with Gasteiger partial charge in [-0.3, -0.25) is 14.5 Å². The highest BCUT2D eigenvalue weighted by molar-refractivity contribution is 7.20. The van der Waals surface area contributed by atoms with Gasteiger partial charge in [-0.05, 0) is 63.0 Å². The third kappa shape index (κ3) is 5.45. The average molecular weight is 478 g/mol. The van der Waals surface area contributed by atoms with Crippen LogP contribution in [0.2, 0.25) is 5.02 Å². The summed E-state index contributed by atoms with van der Waals surface area (Å²) >= 11 is 7.37. The molecule has 2 amide bonds. The van der Waals surface area contributed by atoms with Crippen LogP contribution >= 0.6 is 22.9 Å². The number of hydrogen-bond donors (Lipinski definition) is 0. The van der Waals surface area contributed by atoms with Crippen LogP contribution in [-0.2, 0) is 4.79 Å². The van der Waals surface area contributed by atoms with E-state index in [0.717, 1.165) is 42.7 Å². The number of hydrogen-bond acceptors (Lipinski definition) is 5. The van der Waals surface area contributed by atoms with Gasteiger partial charge in [0.15, 0.2) is 0 Å². The summed E-state index contributed by atoms with van der Waals surface area (Å²) in [6, 6.07) is 6.15. The van der Waals surface area contributed by atoms with E-state index in [0.29, 0.717) is 35.6 Å². The summed E-state index contributed by atoms with van der Waals surface area (Å²) in [5.41, 5.74) is 0. The zero-order chi connectivity index (χ0) is 23.5. The Morgan fingerprint density at radius 1 is 1.19 bits per heavy atom. The van der Waals surface area contributed by atoms with Crippen molar-refractivity contribution in [1.29, 1.82) is 0 Å². The molecule has 0 radical (unpaired) electrons. The van der Waals surface area contributed by atoms with E-state index in [1.165, 1.54) is 24.2 Å². The number of carbonyl (C=O) groups excluding carboxylic acids is 2. The second-order valence-electron chi connectivity index (χ2n) is 8.87. The fourth-order valence-corrected chi connectivity index (χ4v) is 5.91. The van der Waals surface area contributed by atoms with E-state index in [2.05, 4.69) is 16.8 Å². The van der Waals surface area contributed by atoms with Crippen LogP contribution in [-0.4, -0.2) is 96.9 Å². The summed E-state index contributed by atoms with van der Waals surface area (Å²) in [6.45, 7) is 8.06. The van der Waals surface area contributed by atoms with Gasteiger partial charge in [-0.1, -0.05) is 24.6 Å². The van der Waals surface area contributed by atoms with Gasteiger partial charge < -0.3 is 14.7 Å². The van der Waals surface area contributed by atoms with Crippen LogP contribution in [0.1, 0.15) is 37.2 Å². The first-order chi connectivity index (χ1) is 15.9.